The molecule has 3 aromatic rings. The van der Waals surface area contributed by atoms with Crippen LogP contribution in [0, 0.1) is 6.92 Å². The molecule has 0 spiro atoms. The predicted molar refractivity (Wildman–Crippen MR) is 130 cm³/mol. The zero-order chi connectivity index (χ0) is 23.2. The molecule has 1 aliphatic rings. The predicted octanol–water partition coefficient (Wildman–Crippen LogP) is 5.25. The summed E-state index contributed by atoms with van der Waals surface area (Å²) in [6.45, 7) is 2.09. The van der Waals surface area contributed by atoms with E-state index in [1.165, 1.54) is 4.90 Å². The van der Waals surface area contributed by atoms with Gasteiger partial charge in [0.2, 0.25) is 0 Å². The highest BCUT2D eigenvalue weighted by Gasteiger charge is 2.34. The molecule has 166 valence electrons. The van der Waals surface area contributed by atoms with E-state index in [1.54, 1.807) is 30.3 Å². The van der Waals surface area contributed by atoms with Gasteiger partial charge in [0, 0.05) is 5.69 Å². The number of benzene rings is 3. The van der Waals surface area contributed by atoms with Gasteiger partial charge in [0.15, 0.2) is 6.61 Å². The maximum Gasteiger partial charge on any atom is 0.293 e. The molecule has 4 rings (SSSR count). The average Bonchev–Trinajstić information content (AvgIpc) is 3.06. The molecule has 0 bridgehead atoms. The Kier molecular flexibility index (Phi) is 6.90. The van der Waals surface area contributed by atoms with Crippen molar-refractivity contribution in [3.63, 3.8) is 0 Å². The number of anilines is 1. The number of carbonyl (C=O) groups is 3. The number of carbonyl (C=O) groups excluding carboxylic acids is 3. The van der Waals surface area contributed by atoms with Crippen LogP contribution in [0.15, 0.2) is 83.8 Å². The van der Waals surface area contributed by atoms with E-state index in [0.717, 1.165) is 34.1 Å². The van der Waals surface area contributed by atoms with Crippen molar-refractivity contribution in [2.75, 3.05) is 11.9 Å². The van der Waals surface area contributed by atoms with Crippen LogP contribution in [0.25, 0.3) is 6.08 Å². The van der Waals surface area contributed by atoms with Crippen LogP contribution in [-0.2, 0) is 16.1 Å². The van der Waals surface area contributed by atoms with Gasteiger partial charge in [0.25, 0.3) is 17.1 Å². The highest BCUT2D eigenvalue weighted by molar-refractivity contribution is 8.18. The van der Waals surface area contributed by atoms with E-state index in [0.29, 0.717) is 10.7 Å². The first-order valence-corrected chi connectivity index (χ1v) is 11.2. The van der Waals surface area contributed by atoms with Gasteiger partial charge in [-0.25, -0.2) is 0 Å². The quantitative estimate of drug-likeness (QED) is 0.490. The van der Waals surface area contributed by atoms with Gasteiger partial charge in [0.05, 0.1) is 11.4 Å². The first kappa shape index (κ1) is 22.4. The van der Waals surface area contributed by atoms with Crippen molar-refractivity contribution < 1.29 is 19.1 Å². The largest absolute Gasteiger partial charge is 0.484 e. The van der Waals surface area contributed by atoms with E-state index in [4.69, 9.17) is 4.74 Å². The zero-order valence-electron chi connectivity index (χ0n) is 18.0. The molecule has 6 nitrogen and oxygen atoms in total. The number of hydrogen-bond acceptors (Lipinski definition) is 5. The van der Waals surface area contributed by atoms with Gasteiger partial charge in [-0.15, -0.1) is 0 Å². The minimum absolute atomic E-state index is 0.119. The Morgan fingerprint density at radius 3 is 2.48 bits per heavy atom. The molecule has 3 aromatic carbocycles. The fourth-order valence-electron chi connectivity index (χ4n) is 3.28. The monoisotopic (exact) mass is 458 g/mol. The molecule has 1 saturated heterocycles. The van der Waals surface area contributed by atoms with Crippen LogP contribution in [0.4, 0.5) is 10.5 Å². The van der Waals surface area contributed by atoms with Crippen molar-refractivity contribution in [1.82, 2.24) is 4.90 Å². The molecule has 1 aliphatic heterocycles. The van der Waals surface area contributed by atoms with Gasteiger partial charge < -0.3 is 10.1 Å². The maximum absolute atomic E-state index is 12.7. The number of nitrogens with zero attached hydrogens (tertiary/aromatic N) is 1. The van der Waals surface area contributed by atoms with Gasteiger partial charge in [-0.2, -0.15) is 0 Å². The Balaban J connectivity index is 1.33. The molecular formula is C26H22N2O4S. The molecule has 1 heterocycles. The second-order valence-electron chi connectivity index (χ2n) is 7.53. The van der Waals surface area contributed by atoms with Crippen LogP contribution in [0.5, 0.6) is 5.75 Å². The maximum atomic E-state index is 12.7. The summed E-state index contributed by atoms with van der Waals surface area (Å²) in [5.74, 6) is -0.0255. The number of ether oxygens (including phenoxy) is 1. The molecule has 0 atom stereocenters. The Hall–Kier alpha value is -3.84. The Morgan fingerprint density at radius 2 is 1.76 bits per heavy atom. The van der Waals surface area contributed by atoms with Crippen molar-refractivity contribution in [3.8, 4) is 5.75 Å². The van der Waals surface area contributed by atoms with Crippen molar-refractivity contribution >= 4 is 40.6 Å². The summed E-state index contributed by atoms with van der Waals surface area (Å²) in [4.78, 5) is 38.7. The molecule has 0 saturated carbocycles. The number of hydrogen-bond donors (Lipinski definition) is 1. The van der Waals surface area contributed by atoms with Crippen molar-refractivity contribution in [2.45, 2.75) is 13.5 Å². The Labute approximate surface area is 196 Å². The summed E-state index contributed by atoms with van der Waals surface area (Å²) < 4.78 is 5.55. The Bertz CT molecular complexity index is 1210. The number of nitrogens with one attached hydrogen (secondary N) is 1. The van der Waals surface area contributed by atoms with E-state index in [2.05, 4.69) is 5.32 Å². The van der Waals surface area contributed by atoms with Gasteiger partial charge in [-0.05, 0) is 65.7 Å². The average molecular weight is 459 g/mol. The normalized spacial score (nSPS) is 14.6. The van der Waals surface area contributed by atoms with Gasteiger partial charge >= 0.3 is 0 Å². The fourth-order valence-corrected chi connectivity index (χ4v) is 4.12. The third kappa shape index (κ3) is 5.90. The molecule has 33 heavy (non-hydrogen) atoms. The van der Waals surface area contributed by atoms with Crippen LogP contribution in [0.2, 0.25) is 0 Å². The van der Waals surface area contributed by atoms with Crippen molar-refractivity contribution in [3.05, 3.63) is 100 Å². The van der Waals surface area contributed by atoms with E-state index >= 15 is 0 Å². The van der Waals surface area contributed by atoms with E-state index in [1.807, 2.05) is 61.5 Å². The second-order valence-corrected chi connectivity index (χ2v) is 8.52. The molecular weight excluding hydrogens is 436 g/mol. The lowest BCUT2D eigenvalue weighted by Gasteiger charge is -2.12. The van der Waals surface area contributed by atoms with Crippen molar-refractivity contribution in [2.24, 2.45) is 0 Å². The fraction of sp³-hybridized carbons (Fsp3) is 0.115. The number of rotatable bonds is 7. The van der Waals surface area contributed by atoms with Crippen LogP contribution in [-0.4, -0.2) is 28.6 Å². The van der Waals surface area contributed by atoms with E-state index in [9.17, 15) is 14.4 Å². The number of imide groups is 1. The third-order valence-corrected chi connectivity index (χ3v) is 5.81. The van der Waals surface area contributed by atoms with Crippen molar-refractivity contribution in [1.29, 1.82) is 0 Å². The topological polar surface area (TPSA) is 75.7 Å². The summed E-state index contributed by atoms with van der Waals surface area (Å²) in [6.07, 6.45) is 1.68. The molecule has 0 aromatic heterocycles. The minimum Gasteiger partial charge on any atom is -0.484 e. The lowest BCUT2D eigenvalue weighted by atomic mass is 10.2. The van der Waals surface area contributed by atoms with Crippen LogP contribution >= 0.6 is 11.8 Å². The molecule has 0 unspecified atom stereocenters. The highest BCUT2D eigenvalue weighted by atomic mass is 32.2. The number of thioether (sulfide) groups is 1. The zero-order valence-corrected chi connectivity index (χ0v) is 18.8. The van der Waals surface area contributed by atoms with E-state index < -0.39 is 0 Å². The number of aryl methyl sites for hydroxylation is 1. The summed E-state index contributed by atoms with van der Waals surface area (Å²) >= 11 is 0.930. The second kappa shape index (κ2) is 10.2. The van der Waals surface area contributed by atoms with Gasteiger partial charge in [0.1, 0.15) is 5.75 Å². The van der Waals surface area contributed by atoms with Gasteiger partial charge in [-0.1, -0.05) is 54.6 Å². The lowest BCUT2D eigenvalue weighted by molar-refractivity contribution is -0.123. The summed E-state index contributed by atoms with van der Waals surface area (Å²) in [6, 6.07) is 23.9. The molecule has 1 fully saturated rings. The number of amides is 3. The standard InChI is InChI=1S/C26H22N2O4S/c1-18-6-5-9-21(14-18)27-24(29)17-32-22-12-10-19(11-13-22)15-23-25(30)28(26(31)33-23)16-20-7-3-2-4-8-20/h2-15H,16-17H2,1H3,(H,27,29)/b23-15+. The summed E-state index contributed by atoms with van der Waals surface area (Å²) in [5, 5.41) is 2.51. The summed E-state index contributed by atoms with van der Waals surface area (Å²) in [7, 11) is 0. The van der Waals surface area contributed by atoms with Gasteiger partial charge in [-0.3, -0.25) is 19.3 Å². The molecule has 3 amide bonds. The SMILES string of the molecule is Cc1cccc(NC(=O)COc2ccc(/C=C3/SC(=O)N(Cc4ccccc4)C3=O)cc2)c1. The van der Waals surface area contributed by atoms with Crippen LogP contribution in [0.3, 0.4) is 0 Å². The Morgan fingerprint density at radius 1 is 1.00 bits per heavy atom. The molecule has 7 heteroatoms. The van der Waals surface area contributed by atoms with E-state index in [-0.39, 0.29) is 30.2 Å². The summed E-state index contributed by atoms with van der Waals surface area (Å²) in [5.41, 5.74) is 3.44. The highest BCUT2D eigenvalue weighted by Crippen LogP contribution is 2.33. The van der Waals surface area contributed by atoms with Crippen LogP contribution in [0.1, 0.15) is 16.7 Å². The van der Waals surface area contributed by atoms with Crippen LogP contribution < -0.4 is 10.1 Å². The first-order valence-electron chi connectivity index (χ1n) is 10.4. The first-order chi connectivity index (χ1) is 16.0. The minimum atomic E-state index is -0.304. The molecule has 0 aliphatic carbocycles. The third-order valence-electron chi connectivity index (χ3n) is 4.91. The lowest BCUT2D eigenvalue weighted by Crippen LogP contribution is -2.27. The smallest absolute Gasteiger partial charge is 0.293 e. The molecule has 0 radical (unpaired) electrons. The molecule has 1 N–H and O–H groups in total.